The van der Waals surface area contributed by atoms with Crippen LogP contribution < -0.4 is 10.2 Å². The summed E-state index contributed by atoms with van der Waals surface area (Å²) in [6, 6.07) is 10.2. The van der Waals surface area contributed by atoms with E-state index in [4.69, 9.17) is 19.0 Å². The number of aromatic hydroxyl groups is 1. The lowest BCUT2D eigenvalue weighted by molar-refractivity contribution is -0.271. The second-order valence-corrected chi connectivity index (χ2v) is 7.04. The zero-order valence-corrected chi connectivity index (χ0v) is 15.8. The predicted molar refractivity (Wildman–Crippen MR) is 105 cm³/mol. The van der Waals surface area contributed by atoms with Gasteiger partial charge in [0, 0.05) is 6.07 Å². The molecule has 31 heavy (non-hydrogen) atoms. The number of hydrogen-bond donors (Lipinski definition) is 5. The summed E-state index contributed by atoms with van der Waals surface area (Å²) in [6.45, 7) is 0. The van der Waals surface area contributed by atoms with Gasteiger partial charge in [0.15, 0.2) is 11.5 Å². The fourth-order valence-electron chi connectivity index (χ4n) is 3.31. The fourth-order valence-corrected chi connectivity index (χ4v) is 3.31. The van der Waals surface area contributed by atoms with E-state index in [1.807, 2.05) is 0 Å². The molecule has 1 aromatic heterocycles. The molecular weight excluding hydrogens is 412 g/mol. The van der Waals surface area contributed by atoms with Crippen LogP contribution in [0.5, 0.6) is 11.5 Å². The quantitative estimate of drug-likeness (QED) is 0.392. The van der Waals surface area contributed by atoms with Gasteiger partial charge in [-0.1, -0.05) is 12.1 Å². The molecule has 1 saturated heterocycles. The maximum atomic E-state index is 12.8. The molecule has 1 fully saturated rings. The lowest BCUT2D eigenvalue weighted by Gasteiger charge is -2.38. The van der Waals surface area contributed by atoms with Gasteiger partial charge in [-0.25, -0.2) is 4.79 Å². The average molecular weight is 430 g/mol. The number of ether oxygens (including phenoxy) is 2. The number of aliphatic carboxylic acids is 1. The summed E-state index contributed by atoms with van der Waals surface area (Å²) >= 11 is 0. The zero-order valence-electron chi connectivity index (χ0n) is 15.8. The molecule has 2 heterocycles. The number of carboxylic acids is 1. The molecule has 10 nitrogen and oxygen atoms in total. The third kappa shape index (κ3) is 3.84. The van der Waals surface area contributed by atoms with Crippen molar-refractivity contribution in [2.75, 3.05) is 0 Å². The molecule has 0 saturated carbocycles. The Hall–Kier alpha value is -3.44. The smallest absolute Gasteiger partial charge is 0.335 e. The number of carboxylic acid groups (broad SMARTS) is 1. The van der Waals surface area contributed by atoms with E-state index >= 15 is 0 Å². The Kier molecular flexibility index (Phi) is 5.38. The van der Waals surface area contributed by atoms with Crippen molar-refractivity contribution in [2.24, 2.45) is 0 Å². The third-order valence-electron chi connectivity index (χ3n) is 4.99. The third-order valence-corrected chi connectivity index (χ3v) is 4.99. The molecule has 5 N–H and O–H groups in total. The van der Waals surface area contributed by atoms with Crippen LogP contribution in [-0.2, 0) is 9.53 Å². The van der Waals surface area contributed by atoms with Crippen molar-refractivity contribution in [3.63, 3.8) is 0 Å². The Morgan fingerprint density at radius 2 is 1.68 bits per heavy atom. The van der Waals surface area contributed by atoms with Crippen LogP contribution >= 0.6 is 0 Å². The first kappa shape index (κ1) is 20.8. The summed E-state index contributed by atoms with van der Waals surface area (Å²) in [6.07, 6.45) is -7.47. The van der Waals surface area contributed by atoms with Crippen molar-refractivity contribution in [1.29, 1.82) is 0 Å². The van der Waals surface area contributed by atoms with Gasteiger partial charge in [-0.15, -0.1) is 0 Å². The summed E-state index contributed by atoms with van der Waals surface area (Å²) in [7, 11) is 0. The molecule has 0 bridgehead atoms. The molecule has 0 aliphatic carbocycles. The highest BCUT2D eigenvalue weighted by Crippen LogP contribution is 2.28. The molecule has 0 spiro atoms. The molecule has 1 aliphatic heterocycles. The first-order chi connectivity index (χ1) is 14.8. The van der Waals surface area contributed by atoms with Crippen molar-refractivity contribution in [1.82, 2.24) is 0 Å². The van der Waals surface area contributed by atoms with E-state index in [0.29, 0.717) is 5.56 Å². The monoisotopic (exact) mass is 430 g/mol. The van der Waals surface area contributed by atoms with Crippen LogP contribution in [0.4, 0.5) is 0 Å². The van der Waals surface area contributed by atoms with Crippen molar-refractivity contribution in [2.45, 2.75) is 30.7 Å². The lowest BCUT2D eigenvalue weighted by atomic mass is 9.99. The van der Waals surface area contributed by atoms with Crippen molar-refractivity contribution in [3.8, 4) is 22.6 Å². The fraction of sp³-hybridized carbons (Fsp3) is 0.238. The largest absolute Gasteiger partial charge is 0.508 e. The summed E-state index contributed by atoms with van der Waals surface area (Å²) in [5, 5.41) is 48.4. The minimum absolute atomic E-state index is 0.0608. The highest BCUT2D eigenvalue weighted by Gasteiger charge is 2.48. The number of phenolic OH excluding ortho intramolecular Hbond substituents is 1. The Morgan fingerprint density at radius 1 is 0.968 bits per heavy atom. The van der Waals surface area contributed by atoms with Crippen molar-refractivity contribution >= 4 is 16.9 Å². The van der Waals surface area contributed by atoms with Gasteiger partial charge in [-0.2, -0.15) is 0 Å². The van der Waals surface area contributed by atoms with E-state index in [-0.39, 0.29) is 33.5 Å². The lowest BCUT2D eigenvalue weighted by Crippen LogP contribution is -2.61. The molecule has 4 rings (SSSR count). The van der Waals surface area contributed by atoms with E-state index in [2.05, 4.69) is 0 Å². The van der Waals surface area contributed by atoms with E-state index in [0.717, 1.165) is 0 Å². The van der Waals surface area contributed by atoms with E-state index in [1.54, 1.807) is 12.1 Å². The van der Waals surface area contributed by atoms with Crippen LogP contribution in [0.25, 0.3) is 22.1 Å². The van der Waals surface area contributed by atoms with Gasteiger partial charge in [0.05, 0.1) is 10.9 Å². The van der Waals surface area contributed by atoms with Gasteiger partial charge in [0.2, 0.25) is 6.29 Å². The van der Waals surface area contributed by atoms with Gasteiger partial charge < -0.3 is 39.4 Å². The van der Waals surface area contributed by atoms with Crippen molar-refractivity contribution in [3.05, 3.63) is 59.0 Å². The Bertz CT molecular complexity index is 1170. The molecule has 0 radical (unpaired) electrons. The molecule has 5 atom stereocenters. The van der Waals surface area contributed by atoms with E-state index in [1.165, 1.54) is 36.6 Å². The molecule has 10 heteroatoms. The van der Waals surface area contributed by atoms with Crippen LogP contribution in [0.1, 0.15) is 0 Å². The van der Waals surface area contributed by atoms with Crippen LogP contribution in [-0.4, -0.2) is 62.2 Å². The Labute approximate surface area is 174 Å². The molecule has 0 amide bonds. The Morgan fingerprint density at radius 3 is 2.35 bits per heavy atom. The van der Waals surface area contributed by atoms with Gasteiger partial charge in [0.1, 0.15) is 41.7 Å². The first-order valence-electron chi connectivity index (χ1n) is 9.20. The van der Waals surface area contributed by atoms with Crippen LogP contribution in [0.3, 0.4) is 0 Å². The second kappa shape index (κ2) is 8.00. The molecule has 3 aromatic rings. The summed E-state index contributed by atoms with van der Waals surface area (Å²) in [5.74, 6) is -1.39. The zero-order chi connectivity index (χ0) is 22.3. The maximum Gasteiger partial charge on any atom is 0.335 e. The summed E-state index contributed by atoms with van der Waals surface area (Å²) in [4.78, 5) is 24.0. The predicted octanol–water partition coefficient (Wildman–Crippen LogP) is 0.437. The van der Waals surface area contributed by atoms with Gasteiger partial charge in [-0.05, 0) is 29.8 Å². The number of benzene rings is 2. The van der Waals surface area contributed by atoms with Gasteiger partial charge in [0.25, 0.3) is 0 Å². The minimum atomic E-state index is -1.83. The Balaban J connectivity index is 1.62. The second-order valence-electron chi connectivity index (χ2n) is 7.04. The van der Waals surface area contributed by atoms with Gasteiger partial charge in [-0.3, -0.25) is 4.79 Å². The standard InChI is InChI=1S/C21H18O10/c22-10-3-1-9(2-4-10)13-8-29-14-7-11(5-6-12(14)15(13)23)30-21-18(26)16(24)17(25)19(31-21)20(27)28/h1-8,16-19,21-22,24-26H,(H,27,28)/t16-,17-,18+,19-,21-/m0/s1. The topological polar surface area (TPSA) is 167 Å². The maximum absolute atomic E-state index is 12.8. The number of hydrogen-bond acceptors (Lipinski definition) is 9. The molecule has 2 aromatic carbocycles. The minimum Gasteiger partial charge on any atom is -0.508 e. The highest BCUT2D eigenvalue weighted by atomic mass is 16.7. The molecule has 162 valence electrons. The normalized spacial score (nSPS) is 26.0. The molecule has 1 aliphatic rings. The number of phenols is 1. The summed E-state index contributed by atoms with van der Waals surface area (Å²) < 4.78 is 16.1. The number of carbonyl (C=O) groups is 1. The van der Waals surface area contributed by atoms with E-state index in [9.17, 15) is 30.0 Å². The highest BCUT2D eigenvalue weighted by molar-refractivity contribution is 5.82. The number of aliphatic hydroxyl groups excluding tert-OH is 3. The first-order valence-corrected chi connectivity index (χ1v) is 9.20. The van der Waals surface area contributed by atoms with Crippen LogP contribution in [0, 0.1) is 0 Å². The van der Waals surface area contributed by atoms with Gasteiger partial charge >= 0.3 is 5.97 Å². The van der Waals surface area contributed by atoms with Crippen molar-refractivity contribution < 1.29 is 44.2 Å². The average Bonchev–Trinajstić information content (AvgIpc) is 2.75. The number of aliphatic hydroxyl groups is 3. The number of rotatable bonds is 4. The summed E-state index contributed by atoms with van der Waals surface area (Å²) in [5.41, 5.74) is 0.677. The molecule has 0 unspecified atom stereocenters. The SMILES string of the molecule is O=C(O)[C@H]1O[C@H](Oc2ccc3c(=O)c(-c4ccc(O)cc4)coc3c2)[C@H](O)[C@@H](O)[C@@H]1O. The molecular formula is C21H18O10. The number of fused-ring (bicyclic) bond motifs is 1. The van der Waals surface area contributed by atoms with Crippen LogP contribution in [0.15, 0.2) is 57.9 Å². The van der Waals surface area contributed by atoms with Crippen LogP contribution in [0.2, 0.25) is 0 Å². The van der Waals surface area contributed by atoms with E-state index < -0.39 is 36.7 Å².